The van der Waals surface area contributed by atoms with Gasteiger partial charge in [-0.25, -0.2) is 9.97 Å². The van der Waals surface area contributed by atoms with Crippen molar-refractivity contribution in [3.8, 4) is 29.1 Å². The monoisotopic (exact) mass is 349 g/mol. The van der Waals surface area contributed by atoms with Crippen LogP contribution in [-0.2, 0) is 0 Å². The highest BCUT2D eigenvalue weighted by atomic mass is 32.1. The molecule has 1 aliphatic rings. The molecular formula is C18H15N5OS. The Bertz CT molecular complexity index is 987. The van der Waals surface area contributed by atoms with Gasteiger partial charge in [-0.3, -0.25) is 4.98 Å². The van der Waals surface area contributed by atoms with E-state index in [0.29, 0.717) is 34.6 Å². The first-order chi connectivity index (χ1) is 12.1. The number of nitriles is 1. The van der Waals surface area contributed by atoms with Crippen LogP contribution in [0.2, 0.25) is 0 Å². The second-order valence-electron chi connectivity index (χ2n) is 5.95. The molecule has 4 rings (SSSR count). The molecule has 0 unspecified atom stereocenters. The first-order valence-corrected chi connectivity index (χ1v) is 8.73. The van der Waals surface area contributed by atoms with Gasteiger partial charge in [0.25, 0.3) is 0 Å². The number of ether oxygens (including phenoxy) is 1. The van der Waals surface area contributed by atoms with E-state index in [2.05, 4.69) is 21.0 Å². The van der Waals surface area contributed by atoms with E-state index in [4.69, 9.17) is 15.7 Å². The summed E-state index contributed by atoms with van der Waals surface area (Å²) < 4.78 is 5.90. The Morgan fingerprint density at radius 1 is 1.24 bits per heavy atom. The third-order valence-corrected chi connectivity index (χ3v) is 5.06. The molecule has 1 saturated carbocycles. The van der Waals surface area contributed by atoms with Crippen LogP contribution < -0.4 is 10.5 Å². The lowest BCUT2D eigenvalue weighted by molar-refractivity contribution is 0.446. The van der Waals surface area contributed by atoms with Crippen molar-refractivity contribution in [2.45, 2.75) is 25.7 Å². The van der Waals surface area contributed by atoms with Gasteiger partial charge in [0, 0.05) is 23.9 Å². The lowest BCUT2D eigenvalue weighted by atomic mass is 10.1. The lowest BCUT2D eigenvalue weighted by Gasteiger charge is -2.08. The summed E-state index contributed by atoms with van der Waals surface area (Å²) in [4.78, 5) is 14.2. The van der Waals surface area contributed by atoms with Gasteiger partial charge in [-0.2, -0.15) is 5.26 Å². The molecule has 3 aromatic heterocycles. The van der Waals surface area contributed by atoms with Gasteiger partial charge in [0.1, 0.15) is 11.1 Å². The first-order valence-electron chi connectivity index (χ1n) is 7.91. The molecule has 3 aromatic rings. The van der Waals surface area contributed by atoms with E-state index in [9.17, 15) is 0 Å². The predicted octanol–water partition coefficient (Wildman–Crippen LogP) is 4.03. The Balaban J connectivity index is 1.67. The fourth-order valence-electron chi connectivity index (χ4n) is 2.43. The van der Waals surface area contributed by atoms with Gasteiger partial charge in [-0.1, -0.05) is 0 Å². The summed E-state index contributed by atoms with van der Waals surface area (Å²) in [5.74, 6) is 1.46. The van der Waals surface area contributed by atoms with Crippen molar-refractivity contribution in [1.82, 2.24) is 15.0 Å². The zero-order chi connectivity index (χ0) is 17.4. The number of aryl methyl sites for hydroxylation is 1. The van der Waals surface area contributed by atoms with Crippen LogP contribution in [0.5, 0.6) is 11.8 Å². The zero-order valence-electron chi connectivity index (χ0n) is 13.6. The molecule has 2 N–H and O–H groups in total. The van der Waals surface area contributed by atoms with Gasteiger partial charge < -0.3 is 10.5 Å². The average Bonchev–Trinajstić information content (AvgIpc) is 3.41. The molecule has 0 aromatic carbocycles. The maximum absolute atomic E-state index is 9.02. The minimum atomic E-state index is 0.315. The van der Waals surface area contributed by atoms with E-state index in [0.717, 1.165) is 15.4 Å². The van der Waals surface area contributed by atoms with Gasteiger partial charge in [0.15, 0.2) is 0 Å². The molecule has 0 atom stereocenters. The number of pyridine rings is 2. The van der Waals surface area contributed by atoms with Crippen LogP contribution in [0.25, 0.3) is 11.3 Å². The molecule has 25 heavy (non-hydrogen) atoms. The van der Waals surface area contributed by atoms with E-state index in [1.54, 1.807) is 35.7 Å². The van der Waals surface area contributed by atoms with E-state index >= 15 is 0 Å². The van der Waals surface area contributed by atoms with E-state index in [-0.39, 0.29) is 0 Å². The molecule has 6 nitrogen and oxygen atoms in total. The maximum atomic E-state index is 9.02. The number of anilines is 1. The van der Waals surface area contributed by atoms with Crippen LogP contribution in [0.4, 0.5) is 5.69 Å². The van der Waals surface area contributed by atoms with Crippen LogP contribution in [0.1, 0.15) is 34.2 Å². The van der Waals surface area contributed by atoms with Crippen molar-refractivity contribution in [2.75, 3.05) is 5.73 Å². The molecule has 0 amide bonds. The first kappa shape index (κ1) is 15.5. The van der Waals surface area contributed by atoms with Crippen molar-refractivity contribution in [2.24, 2.45) is 0 Å². The molecular weight excluding hydrogens is 334 g/mol. The van der Waals surface area contributed by atoms with Gasteiger partial charge >= 0.3 is 0 Å². The summed E-state index contributed by atoms with van der Waals surface area (Å²) in [5, 5.41) is 10.1. The number of hydrogen-bond acceptors (Lipinski definition) is 7. The third kappa shape index (κ3) is 3.16. The number of hydrogen-bond donors (Lipinski definition) is 1. The highest BCUT2D eigenvalue weighted by Gasteiger charge is 2.28. The Kier molecular flexibility index (Phi) is 3.82. The Morgan fingerprint density at radius 3 is 2.84 bits per heavy atom. The lowest BCUT2D eigenvalue weighted by Crippen LogP contribution is -1.98. The molecule has 7 heteroatoms. The van der Waals surface area contributed by atoms with Gasteiger partial charge in [-0.05, 0) is 38.0 Å². The Labute approximate surface area is 149 Å². The van der Waals surface area contributed by atoms with Crippen LogP contribution in [-0.4, -0.2) is 15.0 Å². The summed E-state index contributed by atoms with van der Waals surface area (Å²) in [6, 6.07) is 7.32. The third-order valence-electron chi connectivity index (χ3n) is 3.94. The maximum Gasteiger partial charge on any atom is 0.245 e. The van der Waals surface area contributed by atoms with Crippen molar-refractivity contribution in [3.05, 3.63) is 46.0 Å². The summed E-state index contributed by atoms with van der Waals surface area (Å²) in [5.41, 5.74) is 8.31. The fraction of sp³-hybridized carbons (Fsp3) is 0.222. The Hall–Kier alpha value is -2.98. The minimum absolute atomic E-state index is 0.315. The van der Waals surface area contributed by atoms with Crippen LogP contribution in [0, 0.1) is 18.3 Å². The van der Waals surface area contributed by atoms with Gasteiger partial charge in [-0.15, -0.1) is 11.3 Å². The minimum Gasteiger partial charge on any atom is -0.417 e. The average molecular weight is 349 g/mol. The Morgan fingerprint density at radius 2 is 2.08 bits per heavy atom. The number of thiazole rings is 1. The normalized spacial score (nSPS) is 13.4. The summed E-state index contributed by atoms with van der Waals surface area (Å²) in [6.07, 6.45) is 5.56. The molecule has 0 bridgehead atoms. The van der Waals surface area contributed by atoms with Gasteiger partial charge in [0.2, 0.25) is 11.8 Å². The number of nitrogens with two attached hydrogens (primary N) is 1. The van der Waals surface area contributed by atoms with E-state index in [1.807, 2.05) is 6.92 Å². The van der Waals surface area contributed by atoms with Crippen molar-refractivity contribution >= 4 is 17.0 Å². The van der Waals surface area contributed by atoms with E-state index in [1.165, 1.54) is 19.0 Å². The zero-order valence-corrected chi connectivity index (χ0v) is 14.4. The van der Waals surface area contributed by atoms with Crippen LogP contribution >= 0.6 is 11.3 Å². The molecule has 0 aliphatic heterocycles. The smallest absolute Gasteiger partial charge is 0.245 e. The molecule has 0 saturated heterocycles. The second kappa shape index (κ2) is 6.15. The molecule has 0 spiro atoms. The van der Waals surface area contributed by atoms with Crippen LogP contribution in [0.15, 0.2) is 30.6 Å². The van der Waals surface area contributed by atoms with Crippen molar-refractivity contribution < 1.29 is 4.74 Å². The molecule has 1 fully saturated rings. The standard InChI is InChI=1S/C18H15N5OS/c1-10-16(23-18(25-10)12-2-3-12)24-17-14(20)4-5-15(22-17)13-6-11(7-19)8-21-9-13/h4-6,8-9,12H,2-3,20H2,1H3. The van der Waals surface area contributed by atoms with Gasteiger partial charge in [0.05, 0.1) is 21.8 Å². The highest BCUT2D eigenvalue weighted by molar-refractivity contribution is 7.12. The number of nitrogen functional groups attached to an aromatic ring is 1. The van der Waals surface area contributed by atoms with Crippen molar-refractivity contribution in [3.63, 3.8) is 0 Å². The highest BCUT2D eigenvalue weighted by Crippen LogP contribution is 2.44. The SMILES string of the molecule is Cc1sc(C2CC2)nc1Oc1nc(-c2cncc(C#N)c2)ccc1N. The van der Waals surface area contributed by atoms with Crippen molar-refractivity contribution in [1.29, 1.82) is 5.26 Å². The fourth-order valence-corrected chi connectivity index (χ4v) is 3.45. The number of nitrogens with zero attached hydrogens (tertiary/aromatic N) is 4. The molecule has 0 radical (unpaired) electrons. The summed E-state index contributed by atoms with van der Waals surface area (Å²) >= 11 is 1.66. The molecule has 124 valence electrons. The number of aromatic nitrogens is 3. The number of rotatable bonds is 4. The quantitative estimate of drug-likeness (QED) is 0.763. The molecule has 3 heterocycles. The van der Waals surface area contributed by atoms with Crippen LogP contribution in [0.3, 0.4) is 0 Å². The summed E-state index contributed by atoms with van der Waals surface area (Å²) in [6.45, 7) is 1.99. The largest absolute Gasteiger partial charge is 0.417 e. The summed E-state index contributed by atoms with van der Waals surface area (Å²) in [7, 11) is 0. The predicted molar refractivity (Wildman–Crippen MR) is 95.5 cm³/mol. The second-order valence-corrected chi connectivity index (χ2v) is 7.19. The molecule has 1 aliphatic carbocycles. The topological polar surface area (TPSA) is 97.7 Å². The van der Waals surface area contributed by atoms with E-state index < -0.39 is 0 Å².